The molecule has 0 bridgehead atoms. The van der Waals surface area contributed by atoms with Crippen molar-refractivity contribution in [2.75, 3.05) is 10.6 Å². The van der Waals surface area contributed by atoms with E-state index in [9.17, 15) is 14.9 Å². The number of hydrogen-bond donors (Lipinski definition) is 3. The van der Waals surface area contributed by atoms with Crippen molar-refractivity contribution in [3.05, 3.63) is 75.4 Å². The number of H-pyrrole nitrogens is 1. The number of para-hydroxylation sites is 1. The van der Waals surface area contributed by atoms with E-state index in [2.05, 4.69) is 25.6 Å². The van der Waals surface area contributed by atoms with Gasteiger partial charge in [-0.25, -0.2) is 9.78 Å². The molecule has 0 aliphatic rings. The highest BCUT2D eigenvalue weighted by molar-refractivity contribution is 5.79. The summed E-state index contributed by atoms with van der Waals surface area (Å²) in [6.45, 7) is 0. The standard InChI is InChI=1S/C17H12N6O4/c24-17-21-12-8-11(6-7-14(12)27-17)19-15-13(23(25)26)9-18-16(22-15)20-10-4-2-1-3-5-10/h1-9H,(H,21,24)(H2,18,19,20,22). The summed E-state index contributed by atoms with van der Waals surface area (Å²) < 4.78 is 4.94. The van der Waals surface area contributed by atoms with Crippen LogP contribution in [0.2, 0.25) is 0 Å². The number of anilines is 4. The SMILES string of the molecule is O=c1[nH]c2cc(Nc3nc(Nc4ccccc4)ncc3[N+](=O)[O-])ccc2o1. The molecule has 2 heterocycles. The molecule has 0 radical (unpaired) electrons. The highest BCUT2D eigenvalue weighted by atomic mass is 16.6. The van der Waals surface area contributed by atoms with Gasteiger partial charge >= 0.3 is 11.4 Å². The summed E-state index contributed by atoms with van der Waals surface area (Å²) in [6, 6.07) is 14.0. The molecule has 10 heteroatoms. The van der Waals surface area contributed by atoms with Gasteiger partial charge in [-0.15, -0.1) is 0 Å². The van der Waals surface area contributed by atoms with Gasteiger partial charge in [-0.3, -0.25) is 15.1 Å². The topological polar surface area (TPSA) is 139 Å². The molecule has 27 heavy (non-hydrogen) atoms. The summed E-state index contributed by atoms with van der Waals surface area (Å²) in [5.74, 6) is -0.366. The lowest BCUT2D eigenvalue weighted by atomic mass is 10.3. The van der Waals surface area contributed by atoms with Gasteiger partial charge in [0.15, 0.2) is 5.58 Å². The van der Waals surface area contributed by atoms with Crippen LogP contribution >= 0.6 is 0 Å². The molecule has 0 aliphatic heterocycles. The summed E-state index contributed by atoms with van der Waals surface area (Å²) in [4.78, 5) is 32.7. The van der Waals surface area contributed by atoms with Crippen molar-refractivity contribution in [2.45, 2.75) is 0 Å². The van der Waals surface area contributed by atoms with Crippen LogP contribution in [-0.4, -0.2) is 19.9 Å². The molecule has 0 fully saturated rings. The van der Waals surface area contributed by atoms with Crippen LogP contribution in [0.15, 0.2) is 63.9 Å². The average Bonchev–Trinajstić information content (AvgIpc) is 3.02. The number of hydrogen-bond acceptors (Lipinski definition) is 8. The molecule has 10 nitrogen and oxygen atoms in total. The van der Waals surface area contributed by atoms with Gasteiger partial charge < -0.3 is 15.1 Å². The third kappa shape index (κ3) is 3.44. The van der Waals surface area contributed by atoms with Gasteiger partial charge in [0.2, 0.25) is 11.8 Å². The number of aromatic amines is 1. The normalized spacial score (nSPS) is 10.7. The number of nitrogens with zero attached hydrogens (tertiary/aromatic N) is 3. The minimum Gasteiger partial charge on any atom is -0.408 e. The Morgan fingerprint density at radius 2 is 1.89 bits per heavy atom. The molecule has 0 saturated heterocycles. The number of aromatic nitrogens is 3. The number of benzene rings is 2. The van der Waals surface area contributed by atoms with E-state index in [4.69, 9.17) is 4.42 Å². The Hall–Kier alpha value is -4.21. The summed E-state index contributed by atoms with van der Waals surface area (Å²) >= 11 is 0. The van der Waals surface area contributed by atoms with E-state index < -0.39 is 10.7 Å². The number of oxazole rings is 1. The second kappa shape index (κ2) is 6.59. The number of fused-ring (bicyclic) bond motifs is 1. The first-order valence-electron chi connectivity index (χ1n) is 7.82. The molecule has 2 aromatic carbocycles. The fourth-order valence-corrected chi connectivity index (χ4v) is 2.48. The minimum absolute atomic E-state index is 0.0126. The first-order chi connectivity index (χ1) is 13.1. The van der Waals surface area contributed by atoms with Crippen molar-refractivity contribution >= 4 is 39.9 Å². The third-order valence-corrected chi connectivity index (χ3v) is 3.68. The predicted octanol–water partition coefficient (Wildman–Crippen LogP) is 3.31. The molecule has 4 aromatic rings. The Morgan fingerprint density at radius 3 is 2.67 bits per heavy atom. The molecule has 0 atom stereocenters. The third-order valence-electron chi connectivity index (χ3n) is 3.68. The van der Waals surface area contributed by atoms with Crippen molar-refractivity contribution in [3.63, 3.8) is 0 Å². The Morgan fingerprint density at radius 1 is 1.07 bits per heavy atom. The van der Waals surface area contributed by atoms with Crippen molar-refractivity contribution < 1.29 is 9.34 Å². The van der Waals surface area contributed by atoms with Gasteiger partial charge in [0.1, 0.15) is 6.20 Å². The van der Waals surface area contributed by atoms with E-state index in [1.165, 1.54) is 0 Å². The fourth-order valence-electron chi connectivity index (χ4n) is 2.48. The molecule has 0 aliphatic carbocycles. The van der Waals surface area contributed by atoms with E-state index in [1.807, 2.05) is 30.3 Å². The van der Waals surface area contributed by atoms with Crippen molar-refractivity contribution in [1.82, 2.24) is 15.0 Å². The summed E-state index contributed by atoms with van der Waals surface area (Å²) in [6.07, 6.45) is 1.12. The van der Waals surface area contributed by atoms with Crippen LogP contribution in [0.5, 0.6) is 0 Å². The fraction of sp³-hybridized carbons (Fsp3) is 0. The lowest BCUT2D eigenvalue weighted by Gasteiger charge is -2.09. The first kappa shape index (κ1) is 16.3. The van der Waals surface area contributed by atoms with E-state index in [1.54, 1.807) is 18.2 Å². The minimum atomic E-state index is -0.579. The highest BCUT2D eigenvalue weighted by Crippen LogP contribution is 2.27. The zero-order chi connectivity index (χ0) is 18.8. The molecule has 2 aromatic heterocycles. The van der Waals surface area contributed by atoms with E-state index >= 15 is 0 Å². The summed E-state index contributed by atoms with van der Waals surface area (Å²) in [5, 5.41) is 17.2. The Kier molecular flexibility index (Phi) is 3.97. The smallest absolute Gasteiger partial charge is 0.408 e. The Labute approximate surface area is 151 Å². The zero-order valence-electron chi connectivity index (χ0n) is 13.7. The van der Waals surface area contributed by atoms with Crippen molar-refractivity contribution in [2.24, 2.45) is 0 Å². The van der Waals surface area contributed by atoms with Crippen LogP contribution in [0.1, 0.15) is 0 Å². The molecular formula is C17H12N6O4. The number of nitrogens with one attached hydrogen (secondary N) is 3. The van der Waals surface area contributed by atoms with Crippen LogP contribution in [0.3, 0.4) is 0 Å². The molecule has 0 unspecified atom stereocenters. The van der Waals surface area contributed by atoms with Gasteiger partial charge in [-0.05, 0) is 30.3 Å². The van der Waals surface area contributed by atoms with Crippen LogP contribution in [0, 0.1) is 10.1 Å². The molecule has 134 valence electrons. The van der Waals surface area contributed by atoms with E-state index in [0.29, 0.717) is 16.8 Å². The van der Waals surface area contributed by atoms with E-state index in [-0.39, 0.29) is 17.5 Å². The van der Waals surface area contributed by atoms with Crippen molar-refractivity contribution in [3.8, 4) is 0 Å². The van der Waals surface area contributed by atoms with Crippen LogP contribution in [0.25, 0.3) is 11.1 Å². The van der Waals surface area contributed by atoms with Crippen LogP contribution in [-0.2, 0) is 0 Å². The van der Waals surface area contributed by atoms with Gasteiger partial charge in [0.05, 0.1) is 10.4 Å². The average molecular weight is 364 g/mol. The molecule has 0 spiro atoms. The maximum Gasteiger partial charge on any atom is 0.417 e. The van der Waals surface area contributed by atoms with Crippen LogP contribution < -0.4 is 16.4 Å². The van der Waals surface area contributed by atoms with Gasteiger partial charge in [0.25, 0.3) is 0 Å². The molecule has 0 saturated carbocycles. The summed E-state index contributed by atoms with van der Waals surface area (Å²) in [5.41, 5.74) is 1.80. The predicted molar refractivity (Wildman–Crippen MR) is 98.5 cm³/mol. The largest absolute Gasteiger partial charge is 0.417 e. The summed E-state index contributed by atoms with van der Waals surface area (Å²) in [7, 11) is 0. The quantitative estimate of drug-likeness (QED) is 0.362. The monoisotopic (exact) mass is 364 g/mol. The maximum absolute atomic E-state index is 11.3. The highest BCUT2D eigenvalue weighted by Gasteiger charge is 2.18. The Bertz CT molecular complexity index is 1180. The van der Waals surface area contributed by atoms with Crippen LogP contribution in [0.4, 0.5) is 28.8 Å². The van der Waals surface area contributed by atoms with E-state index in [0.717, 1.165) is 11.9 Å². The molecular weight excluding hydrogens is 352 g/mol. The van der Waals surface area contributed by atoms with Crippen molar-refractivity contribution in [1.29, 1.82) is 0 Å². The number of nitro groups is 1. The zero-order valence-corrected chi connectivity index (χ0v) is 13.7. The molecule has 3 N–H and O–H groups in total. The first-order valence-corrected chi connectivity index (χ1v) is 7.82. The lowest BCUT2D eigenvalue weighted by molar-refractivity contribution is -0.384. The Balaban J connectivity index is 1.68. The molecule has 0 amide bonds. The van der Waals surface area contributed by atoms with Gasteiger partial charge in [0, 0.05) is 11.4 Å². The van der Waals surface area contributed by atoms with Gasteiger partial charge in [-0.2, -0.15) is 4.98 Å². The maximum atomic E-state index is 11.3. The second-order valence-electron chi connectivity index (χ2n) is 5.53. The number of rotatable bonds is 5. The lowest BCUT2D eigenvalue weighted by Crippen LogP contribution is -2.04. The second-order valence-corrected chi connectivity index (χ2v) is 5.53. The van der Waals surface area contributed by atoms with Gasteiger partial charge in [-0.1, -0.05) is 18.2 Å². The molecule has 4 rings (SSSR count).